The molecule has 0 amide bonds. The Kier molecular flexibility index (Phi) is 4.86. The molecule has 0 heterocycles. The van der Waals surface area contributed by atoms with Gasteiger partial charge in [-0.1, -0.05) is 33.6 Å². The number of para-hydroxylation sites is 1. The molecule has 0 fully saturated rings. The maximum atomic E-state index is 11.0. The van der Waals surface area contributed by atoms with Crippen LogP contribution in [0, 0.1) is 10.1 Å². The molecule has 0 spiro atoms. The smallest absolute Gasteiger partial charge is 0.313 e. The minimum Gasteiger partial charge on any atom is -0.448 e. The van der Waals surface area contributed by atoms with Crippen LogP contribution < -0.4 is 4.74 Å². The molecule has 2 aromatic rings. The molecule has 104 valence electrons. The summed E-state index contributed by atoms with van der Waals surface area (Å²) >= 11 is 15.1. The Morgan fingerprint density at radius 2 is 2.05 bits per heavy atom. The van der Waals surface area contributed by atoms with Gasteiger partial charge < -0.3 is 4.74 Å². The van der Waals surface area contributed by atoms with E-state index in [0.717, 1.165) is 4.47 Å². The third-order valence-corrected chi connectivity index (χ3v) is 3.60. The zero-order valence-electron chi connectivity index (χ0n) is 9.98. The Hall–Kier alpha value is -1.30. The van der Waals surface area contributed by atoms with E-state index in [4.69, 9.17) is 27.9 Å². The summed E-state index contributed by atoms with van der Waals surface area (Å²) in [6, 6.07) is 9.58. The van der Waals surface area contributed by atoms with E-state index in [2.05, 4.69) is 15.9 Å². The standard InChI is InChI=1S/C13H8BrCl2NO3/c14-9-4-5-12(8(6-9)7-15)20-13-10(16)2-1-3-11(13)17(18)19/h1-6H,7H2. The molecule has 0 saturated carbocycles. The summed E-state index contributed by atoms with van der Waals surface area (Å²) in [5.41, 5.74) is 0.510. The molecule has 7 heteroatoms. The minimum atomic E-state index is -0.541. The quantitative estimate of drug-likeness (QED) is 0.399. The molecule has 0 unspecified atom stereocenters. The fraction of sp³-hybridized carbons (Fsp3) is 0.0769. The van der Waals surface area contributed by atoms with Crippen LogP contribution in [-0.2, 0) is 5.88 Å². The summed E-state index contributed by atoms with van der Waals surface area (Å²) in [4.78, 5) is 10.5. The normalized spacial score (nSPS) is 10.3. The van der Waals surface area contributed by atoms with Gasteiger partial charge in [-0.3, -0.25) is 10.1 Å². The molecule has 0 N–H and O–H groups in total. The highest BCUT2D eigenvalue weighted by Gasteiger charge is 2.20. The van der Waals surface area contributed by atoms with Crippen molar-refractivity contribution in [3.8, 4) is 11.5 Å². The fourth-order valence-electron chi connectivity index (χ4n) is 1.60. The average molecular weight is 377 g/mol. The van der Waals surface area contributed by atoms with Crippen LogP contribution in [0.5, 0.6) is 11.5 Å². The van der Waals surface area contributed by atoms with E-state index in [-0.39, 0.29) is 22.3 Å². The summed E-state index contributed by atoms with van der Waals surface area (Å²) in [5, 5.41) is 11.2. The van der Waals surface area contributed by atoms with Crippen molar-refractivity contribution in [2.24, 2.45) is 0 Å². The van der Waals surface area contributed by atoms with Crippen molar-refractivity contribution in [3.63, 3.8) is 0 Å². The van der Waals surface area contributed by atoms with Crippen LogP contribution in [0.15, 0.2) is 40.9 Å². The number of hydrogen-bond donors (Lipinski definition) is 0. The van der Waals surface area contributed by atoms with E-state index < -0.39 is 4.92 Å². The molecule has 0 aliphatic heterocycles. The molecular weight excluding hydrogens is 369 g/mol. The molecule has 20 heavy (non-hydrogen) atoms. The molecule has 0 saturated heterocycles. The van der Waals surface area contributed by atoms with E-state index >= 15 is 0 Å². The number of hydrogen-bond acceptors (Lipinski definition) is 3. The number of benzene rings is 2. The molecule has 2 aromatic carbocycles. The molecule has 0 radical (unpaired) electrons. The lowest BCUT2D eigenvalue weighted by molar-refractivity contribution is -0.385. The van der Waals surface area contributed by atoms with Gasteiger partial charge in [0, 0.05) is 16.1 Å². The van der Waals surface area contributed by atoms with Crippen LogP contribution in [0.1, 0.15) is 5.56 Å². The van der Waals surface area contributed by atoms with Crippen LogP contribution >= 0.6 is 39.1 Å². The topological polar surface area (TPSA) is 52.4 Å². The van der Waals surface area contributed by atoms with Crippen LogP contribution in [0.4, 0.5) is 5.69 Å². The van der Waals surface area contributed by atoms with Gasteiger partial charge in [-0.05, 0) is 24.3 Å². The van der Waals surface area contributed by atoms with Crippen molar-refractivity contribution in [1.29, 1.82) is 0 Å². The van der Waals surface area contributed by atoms with Crippen LogP contribution in [-0.4, -0.2) is 4.92 Å². The lowest BCUT2D eigenvalue weighted by atomic mass is 10.2. The summed E-state index contributed by atoms with van der Waals surface area (Å²) < 4.78 is 6.44. The zero-order chi connectivity index (χ0) is 14.7. The highest BCUT2D eigenvalue weighted by atomic mass is 79.9. The van der Waals surface area contributed by atoms with Gasteiger partial charge >= 0.3 is 5.69 Å². The Labute approximate surface area is 133 Å². The fourth-order valence-corrected chi connectivity index (χ4v) is 2.43. The number of nitrogens with zero attached hydrogens (tertiary/aromatic N) is 1. The molecule has 0 bridgehead atoms. The number of nitro groups is 1. The Morgan fingerprint density at radius 3 is 2.70 bits per heavy atom. The Bertz CT molecular complexity index is 664. The van der Waals surface area contributed by atoms with Gasteiger partial charge in [0.1, 0.15) is 5.75 Å². The van der Waals surface area contributed by atoms with Crippen molar-refractivity contribution < 1.29 is 9.66 Å². The Morgan fingerprint density at radius 1 is 1.30 bits per heavy atom. The lowest BCUT2D eigenvalue weighted by Gasteiger charge is -2.11. The largest absolute Gasteiger partial charge is 0.448 e. The van der Waals surface area contributed by atoms with Gasteiger partial charge in [0.25, 0.3) is 0 Å². The first kappa shape index (κ1) is 15.1. The molecule has 0 aliphatic rings. The third-order valence-electron chi connectivity index (χ3n) is 2.52. The summed E-state index contributed by atoms with van der Waals surface area (Å²) in [5.74, 6) is 0.653. The van der Waals surface area contributed by atoms with Crippen molar-refractivity contribution in [3.05, 3.63) is 61.6 Å². The first-order valence-electron chi connectivity index (χ1n) is 5.48. The molecule has 2 rings (SSSR count). The Balaban J connectivity index is 2.47. The van der Waals surface area contributed by atoms with Crippen LogP contribution in [0.2, 0.25) is 5.02 Å². The predicted octanol–water partition coefficient (Wildman–Crippen LogP) is 5.54. The highest BCUT2D eigenvalue weighted by Crippen LogP contribution is 2.39. The van der Waals surface area contributed by atoms with Gasteiger partial charge in [-0.15, -0.1) is 11.6 Å². The van der Waals surface area contributed by atoms with Crippen LogP contribution in [0.25, 0.3) is 0 Å². The van der Waals surface area contributed by atoms with Gasteiger partial charge in [-0.2, -0.15) is 0 Å². The lowest BCUT2D eigenvalue weighted by Crippen LogP contribution is -1.96. The number of rotatable bonds is 4. The second-order valence-electron chi connectivity index (χ2n) is 3.83. The predicted molar refractivity (Wildman–Crippen MR) is 81.9 cm³/mol. The second-order valence-corrected chi connectivity index (χ2v) is 5.42. The van der Waals surface area contributed by atoms with E-state index in [1.807, 2.05) is 0 Å². The minimum absolute atomic E-state index is 0.00727. The number of halogens is 3. The van der Waals surface area contributed by atoms with Crippen molar-refractivity contribution >= 4 is 44.8 Å². The molecular formula is C13H8BrCl2NO3. The van der Waals surface area contributed by atoms with Gasteiger partial charge in [0.05, 0.1) is 15.8 Å². The summed E-state index contributed by atoms with van der Waals surface area (Å²) in [7, 11) is 0. The van der Waals surface area contributed by atoms with E-state index in [1.165, 1.54) is 18.2 Å². The number of alkyl halides is 1. The number of nitro benzene ring substituents is 1. The molecule has 0 aliphatic carbocycles. The second kappa shape index (κ2) is 6.43. The molecule has 0 atom stereocenters. The van der Waals surface area contributed by atoms with Crippen molar-refractivity contribution in [2.75, 3.05) is 0 Å². The van der Waals surface area contributed by atoms with Crippen molar-refractivity contribution in [2.45, 2.75) is 5.88 Å². The monoisotopic (exact) mass is 375 g/mol. The highest BCUT2D eigenvalue weighted by molar-refractivity contribution is 9.10. The van der Waals surface area contributed by atoms with E-state index in [9.17, 15) is 10.1 Å². The SMILES string of the molecule is O=[N+]([O-])c1cccc(Cl)c1Oc1ccc(Br)cc1CCl. The molecule has 4 nitrogen and oxygen atoms in total. The van der Waals surface area contributed by atoms with Gasteiger partial charge in [0.2, 0.25) is 5.75 Å². The maximum Gasteiger partial charge on any atom is 0.313 e. The number of ether oxygens (including phenoxy) is 1. The first-order chi connectivity index (χ1) is 9.52. The van der Waals surface area contributed by atoms with Crippen LogP contribution in [0.3, 0.4) is 0 Å². The van der Waals surface area contributed by atoms with Crippen molar-refractivity contribution in [1.82, 2.24) is 0 Å². The van der Waals surface area contributed by atoms with E-state index in [0.29, 0.717) is 11.3 Å². The summed E-state index contributed by atoms with van der Waals surface area (Å²) in [6.07, 6.45) is 0. The third kappa shape index (κ3) is 3.23. The molecule has 0 aromatic heterocycles. The van der Waals surface area contributed by atoms with Gasteiger partial charge in [-0.25, -0.2) is 0 Å². The average Bonchev–Trinajstić information content (AvgIpc) is 2.42. The van der Waals surface area contributed by atoms with E-state index in [1.54, 1.807) is 18.2 Å². The maximum absolute atomic E-state index is 11.0. The summed E-state index contributed by atoms with van der Waals surface area (Å²) in [6.45, 7) is 0. The van der Waals surface area contributed by atoms with Gasteiger partial charge in [0.15, 0.2) is 0 Å². The zero-order valence-corrected chi connectivity index (χ0v) is 13.1. The first-order valence-corrected chi connectivity index (χ1v) is 7.18.